The van der Waals surface area contributed by atoms with E-state index >= 15 is 0 Å². The summed E-state index contributed by atoms with van der Waals surface area (Å²) in [6, 6.07) is 0. The molecule has 1 aromatic rings. The molecule has 0 radical (unpaired) electrons. The highest BCUT2D eigenvalue weighted by Gasteiger charge is 2.10. The Hall–Kier alpha value is -0.940. The van der Waals surface area contributed by atoms with Crippen LogP contribution in [0.2, 0.25) is 0 Å². The zero-order chi connectivity index (χ0) is 11.1. The summed E-state index contributed by atoms with van der Waals surface area (Å²) in [6.07, 6.45) is 3.54. The van der Waals surface area contributed by atoms with Crippen LogP contribution < -0.4 is 5.73 Å². The van der Waals surface area contributed by atoms with Crippen molar-refractivity contribution in [1.82, 2.24) is 15.0 Å². The molecule has 1 heterocycles. The molecular weight excluding hydrogens is 192 g/mol. The van der Waals surface area contributed by atoms with Crippen molar-refractivity contribution >= 4 is 0 Å². The summed E-state index contributed by atoms with van der Waals surface area (Å²) >= 11 is 0. The molecular formula is C10H20N4O. The molecule has 0 aliphatic heterocycles. The van der Waals surface area contributed by atoms with Crippen molar-refractivity contribution in [3.63, 3.8) is 0 Å². The first-order valence-corrected chi connectivity index (χ1v) is 5.43. The minimum atomic E-state index is 0.423. The van der Waals surface area contributed by atoms with Gasteiger partial charge in [0.25, 0.3) is 0 Å². The van der Waals surface area contributed by atoms with Crippen LogP contribution in [-0.2, 0) is 24.4 Å². The number of unbranched alkanes of at least 4 members (excludes halogenated alkanes) is 2. The van der Waals surface area contributed by atoms with Gasteiger partial charge < -0.3 is 10.5 Å². The number of aryl methyl sites for hydroxylation is 1. The maximum absolute atomic E-state index is 5.58. The van der Waals surface area contributed by atoms with Gasteiger partial charge in [0.05, 0.1) is 12.3 Å². The largest absolute Gasteiger partial charge is 0.378 e. The molecule has 0 unspecified atom stereocenters. The SMILES string of the molecule is CCCCCn1nnc(CN)c1COC. The van der Waals surface area contributed by atoms with Crippen molar-refractivity contribution in [3.05, 3.63) is 11.4 Å². The number of hydrogen-bond donors (Lipinski definition) is 1. The third-order valence-corrected chi connectivity index (χ3v) is 2.37. The van der Waals surface area contributed by atoms with Gasteiger partial charge in [0.15, 0.2) is 0 Å². The summed E-state index contributed by atoms with van der Waals surface area (Å²) in [7, 11) is 1.67. The Morgan fingerprint density at radius 1 is 1.40 bits per heavy atom. The molecule has 1 rings (SSSR count). The van der Waals surface area contributed by atoms with E-state index in [0.29, 0.717) is 13.2 Å². The van der Waals surface area contributed by atoms with Gasteiger partial charge in [-0.25, -0.2) is 4.68 Å². The average Bonchev–Trinajstić information content (AvgIpc) is 2.62. The minimum Gasteiger partial charge on any atom is -0.378 e. The molecule has 0 amide bonds. The van der Waals surface area contributed by atoms with E-state index in [1.807, 2.05) is 4.68 Å². The lowest BCUT2D eigenvalue weighted by atomic mass is 10.2. The van der Waals surface area contributed by atoms with Gasteiger partial charge in [-0.05, 0) is 6.42 Å². The monoisotopic (exact) mass is 212 g/mol. The molecule has 0 bridgehead atoms. The van der Waals surface area contributed by atoms with Gasteiger partial charge >= 0.3 is 0 Å². The van der Waals surface area contributed by atoms with Crippen LogP contribution in [0.5, 0.6) is 0 Å². The van der Waals surface area contributed by atoms with Gasteiger partial charge in [-0.15, -0.1) is 5.10 Å². The molecule has 0 saturated heterocycles. The van der Waals surface area contributed by atoms with Gasteiger partial charge in [-0.1, -0.05) is 25.0 Å². The van der Waals surface area contributed by atoms with Gasteiger partial charge in [0.1, 0.15) is 5.69 Å². The number of nitrogens with two attached hydrogens (primary N) is 1. The van der Waals surface area contributed by atoms with Crippen LogP contribution in [-0.4, -0.2) is 22.1 Å². The first-order chi connectivity index (χ1) is 7.33. The Balaban J connectivity index is 2.64. The van der Waals surface area contributed by atoms with Crippen LogP contribution >= 0.6 is 0 Å². The summed E-state index contributed by atoms with van der Waals surface area (Å²) in [5.41, 5.74) is 7.43. The molecule has 0 aliphatic rings. The Bertz CT molecular complexity index is 285. The second kappa shape index (κ2) is 6.53. The van der Waals surface area contributed by atoms with Crippen LogP contribution in [0.1, 0.15) is 37.6 Å². The molecule has 2 N–H and O–H groups in total. The van der Waals surface area contributed by atoms with Crippen molar-refractivity contribution in [3.8, 4) is 0 Å². The van der Waals surface area contributed by atoms with Gasteiger partial charge in [0.2, 0.25) is 0 Å². The van der Waals surface area contributed by atoms with Crippen molar-refractivity contribution in [2.24, 2.45) is 5.73 Å². The van der Waals surface area contributed by atoms with E-state index in [1.165, 1.54) is 12.8 Å². The van der Waals surface area contributed by atoms with E-state index in [4.69, 9.17) is 10.5 Å². The van der Waals surface area contributed by atoms with Crippen molar-refractivity contribution < 1.29 is 4.74 Å². The summed E-state index contributed by atoms with van der Waals surface area (Å²) in [5.74, 6) is 0. The van der Waals surface area contributed by atoms with Crippen LogP contribution in [0.4, 0.5) is 0 Å². The van der Waals surface area contributed by atoms with E-state index in [2.05, 4.69) is 17.2 Å². The molecule has 5 nitrogen and oxygen atoms in total. The van der Waals surface area contributed by atoms with E-state index < -0.39 is 0 Å². The highest BCUT2D eigenvalue weighted by Crippen LogP contribution is 2.08. The molecule has 86 valence electrons. The maximum atomic E-state index is 5.58. The van der Waals surface area contributed by atoms with Crippen LogP contribution in [0, 0.1) is 0 Å². The minimum absolute atomic E-state index is 0.423. The lowest BCUT2D eigenvalue weighted by molar-refractivity contribution is 0.175. The zero-order valence-electron chi connectivity index (χ0n) is 9.57. The lowest BCUT2D eigenvalue weighted by Crippen LogP contribution is -2.09. The predicted molar refractivity (Wildman–Crippen MR) is 58.2 cm³/mol. The Morgan fingerprint density at radius 2 is 2.20 bits per heavy atom. The Kier molecular flexibility index (Phi) is 5.28. The molecule has 5 heteroatoms. The first-order valence-electron chi connectivity index (χ1n) is 5.43. The van der Waals surface area contributed by atoms with Gasteiger partial charge in [-0.3, -0.25) is 0 Å². The van der Waals surface area contributed by atoms with Crippen molar-refractivity contribution in [1.29, 1.82) is 0 Å². The Labute approximate surface area is 90.6 Å². The number of rotatable bonds is 7. The topological polar surface area (TPSA) is 66.0 Å². The maximum Gasteiger partial charge on any atom is 0.102 e. The molecule has 15 heavy (non-hydrogen) atoms. The second-order valence-corrected chi connectivity index (χ2v) is 3.55. The van der Waals surface area contributed by atoms with Gasteiger partial charge in [0, 0.05) is 20.2 Å². The molecule has 0 fully saturated rings. The fourth-order valence-electron chi connectivity index (χ4n) is 1.51. The van der Waals surface area contributed by atoms with Crippen molar-refractivity contribution in [2.75, 3.05) is 7.11 Å². The van der Waals surface area contributed by atoms with Crippen molar-refractivity contribution in [2.45, 2.75) is 45.9 Å². The summed E-state index contributed by atoms with van der Waals surface area (Å²) in [6.45, 7) is 4.04. The fourth-order valence-corrected chi connectivity index (χ4v) is 1.51. The molecule has 0 aliphatic carbocycles. The smallest absolute Gasteiger partial charge is 0.102 e. The summed E-state index contributed by atoms with van der Waals surface area (Å²) in [5, 5.41) is 8.12. The number of methoxy groups -OCH3 is 1. The third kappa shape index (κ3) is 3.28. The Morgan fingerprint density at radius 3 is 2.80 bits per heavy atom. The predicted octanol–water partition coefficient (Wildman–Crippen LogP) is 1.07. The molecule has 0 atom stereocenters. The van der Waals surface area contributed by atoms with E-state index in [1.54, 1.807) is 7.11 Å². The first kappa shape index (κ1) is 12.1. The second-order valence-electron chi connectivity index (χ2n) is 3.55. The molecule has 0 aromatic carbocycles. The molecule has 1 aromatic heterocycles. The highest BCUT2D eigenvalue weighted by molar-refractivity contribution is 5.08. The summed E-state index contributed by atoms with van der Waals surface area (Å²) < 4.78 is 7.02. The van der Waals surface area contributed by atoms with Crippen LogP contribution in [0.15, 0.2) is 0 Å². The van der Waals surface area contributed by atoms with E-state index in [0.717, 1.165) is 24.4 Å². The normalized spacial score (nSPS) is 10.9. The molecule has 0 spiro atoms. The number of nitrogens with zero attached hydrogens (tertiary/aromatic N) is 3. The molecule has 0 saturated carbocycles. The number of aromatic nitrogens is 3. The summed E-state index contributed by atoms with van der Waals surface area (Å²) in [4.78, 5) is 0. The fraction of sp³-hybridized carbons (Fsp3) is 0.800. The van der Waals surface area contributed by atoms with Gasteiger partial charge in [-0.2, -0.15) is 0 Å². The van der Waals surface area contributed by atoms with Crippen LogP contribution in [0.25, 0.3) is 0 Å². The van der Waals surface area contributed by atoms with E-state index in [-0.39, 0.29) is 0 Å². The number of hydrogen-bond acceptors (Lipinski definition) is 4. The van der Waals surface area contributed by atoms with E-state index in [9.17, 15) is 0 Å². The lowest BCUT2D eigenvalue weighted by Gasteiger charge is -2.05. The number of ether oxygens (including phenoxy) is 1. The standard InChI is InChI=1S/C10H20N4O/c1-3-4-5-6-14-10(8-15-2)9(7-11)12-13-14/h3-8,11H2,1-2H3. The quantitative estimate of drug-likeness (QED) is 0.687. The van der Waals surface area contributed by atoms with Crippen LogP contribution in [0.3, 0.4) is 0 Å². The zero-order valence-corrected chi connectivity index (χ0v) is 9.57. The third-order valence-electron chi connectivity index (χ3n) is 2.37. The average molecular weight is 212 g/mol. The highest BCUT2D eigenvalue weighted by atomic mass is 16.5.